The maximum absolute atomic E-state index is 12.6. The van der Waals surface area contributed by atoms with Crippen molar-refractivity contribution in [2.45, 2.75) is 53.3 Å². The number of carbonyl (C=O) groups excluding carboxylic acids is 2. The van der Waals surface area contributed by atoms with Crippen LogP contribution in [0.4, 0.5) is 5.82 Å². The summed E-state index contributed by atoms with van der Waals surface area (Å²) in [7, 11) is 0. The molecule has 1 aromatic carbocycles. The van der Waals surface area contributed by atoms with E-state index in [2.05, 4.69) is 15.4 Å². The molecule has 3 rings (SSSR count). The van der Waals surface area contributed by atoms with Crippen LogP contribution in [-0.2, 0) is 16.1 Å². The molecule has 0 spiro atoms. The Hall–Kier alpha value is -3.49. The lowest BCUT2D eigenvalue weighted by Gasteiger charge is -2.16. The van der Waals surface area contributed by atoms with Gasteiger partial charge in [-0.1, -0.05) is 0 Å². The zero-order valence-corrected chi connectivity index (χ0v) is 17.7. The van der Waals surface area contributed by atoms with Crippen LogP contribution in [0.2, 0.25) is 0 Å². The fourth-order valence-corrected chi connectivity index (χ4v) is 3.15. The van der Waals surface area contributed by atoms with E-state index in [1.165, 1.54) is 6.92 Å². The average molecular weight is 411 g/mol. The van der Waals surface area contributed by atoms with E-state index in [1.807, 2.05) is 20.8 Å². The van der Waals surface area contributed by atoms with E-state index >= 15 is 0 Å². The first-order valence-corrected chi connectivity index (χ1v) is 9.79. The number of anilines is 1. The minimum absolute atomic E-state index is 0.0715. The van der Waals surface area contributed by atoms with Crippen molar-refractivity contribution >= 4 is 28.7 Å². The molecule has 0 aliphatic carbocycles. The smallest absolute Gasteiger partial charge is 0.338 e. The third kappa shape index (κ3) is 4.10. The highest BCUT2D eigenvalue weighted by Gasteiger charge is 2.21. The second-order valence-corrected chi connectivity index (χ2v) is 7.24. The van der Waals surface area contributed by atoms with Gasteiger partial charge in [0.05, 0.1) is 22.8 Å². The second kappa shape index (κ2) is 8.48. The predicted octanol–water partition coefficient (Wildman–Crippen LogP) is 2.69. The summed E-state index contributed by atoms with van der Waals surface area (Å²) in [4.78, 5) is 41.5. The molecule has 9 nitrogen and oxygen atoms in total. The first kappa shape index (κ1) is 21.2. The lowest BCUT2D eigenvalue weighted by molar-refractivity contribution is -0.123. The van der Waals surface area contributed by atoms with Gasteiger partial charge >= 0.3 is 5.97 Å². The first-order chi connectivity index (χ1) is 14.2. The highest BCUT2D eigenvalue weighted by molar-refractivity contribution is 5.98. The molecule has 1 N–H and O–H groups in total. The normalized spacial score (nSPS) is 12.2. The lowest BCUT2D eigenvalue weighted by Crippen LogP contribution is -2.31. The third-order valence-electron chi connectivity index (χ3n) is 4.72. The Morgan fingerprint density at radius 3 is 2.60 bits per heavy atom. The van der Waals surface area contributed by atoms with Crippen molar-refractivity contribution in [3.63, 3.8) is 0 Å². The number of ether oxygens (including phenoxy) is 1. The number of amides is 1. The number of carbonyl (C=O) groups is 2. The van der Waals surface area contributed by atoms with Gasteiger partial charge in [0.15, 0.2) is 6.10 Å². The fourth-order valence-electron chi connectivity index (χ4n) is 3.15. The van der Waals surface area contributed by atoms with E-state index in [0.717, 1.165) is 0 Å². The van der Waals surface area contributed by atoms with Gasteiger partial charge in [-0.25, -0.2) is 14.5 Å². The van der Waals surface area contributed by atoms with Crippen LogP contribution in [0.3, 0.4) is 0 Å². The van der Waals surface area contributed by atoms with Crippen molar-refractivity contribution in [3.05, 3.63) is 52.1 Å². The summed E-state index contributed by atoms with van der Waals surface area (Å²) in [6, 6.07) is 6.54. The van der Waals surface area contributed by atoms with Crippen LogP contribution in [0, 0.1) is 6.92 Å². The van der Waals surface area contributed by atoms with E-state index in [-0.39, 0.29) is 17.2 Å². The zero-order chi connectivity index (χ0) is 22.0. The Morgan fingerprint density at radius 2 is 1.93 bits per heavy atom. The largest absolute Gasteiger partial charge is 0.449 e. The Balaban J connectivity index is 1.77. The van der Waals surface area contributed by atoms with Gasteiger partial charge < -0.3 is 14.6 Å². The molecule has 9 heteroatoms. The van der Waals surface area contributed by atoms with Crippen LogP contribution in [0.1, 0.15) is 49.8 Å². The fraction of sp³-hybridized carbons (Fsp3) is 0.381. The van der Waals surface area contributed by atoms with E-state index in [1.54, 1.807) is 46.6 Å². The van der Waals surface area contributed by atoms with Crippen LogP contribution < -0.4 is 10.9 Å². The molecule has 0 aliphatic rings. The van der Waals surface area contributed by atoms with E-state index in [4.69, 9.17) is 4.74 Å². The van der Waals surface area contributed by atoms with Gasteiger partial charge in [0.2, 0.25) is 0 Å². The van der Waals surface area contributed by atoms with Gasteiger partial charge in [-0.05, 0) is 52.8 Å². The Bertz CT molecular complexity index is 1160. The Labute approximate surface area is 173 Å². The summed E-state index contributed by atoms with van der Waals surface area (Å²) in [5.74, 6) is -0.577. The van der Waals surface area contributed by atoms with Gasteiger partial charge in [-0.3, -0.25) is 9.59 Å². The molecule has 158 valence electrons. The van der Waals surface area contributed by atoms with Crippen molar-refractivity contribution in [3.8, 4) is 0 Å². The first-order valence-electron chi connectivity index (χ1n) is 9.79. The van der Waals surface area contributed by atoms with Gasteiger partial charge in [0.1, 0.15) is 11.5 Å². The molecule has 0 saturated heterocycles. The molecular formula is C21H25N5O4. The topological polar surface area (TPSA) is 108 Å². The maximum Gasteiger partial charge on any atom is 0.338 e. The molecule has 0 bridgehead atoms. The van der Waals surface area contributed by atoms with Gasteiger partial charge in [-0.2, -0.15) is 5.10 Å². The van der Waals surface area contributed by atoms with Gasteiger partial charge in [0, 0.05) is 18.7 Å². The van der Waals surface area contributed by atoms with Gasteiger partial charge in [0.25, 0.3) is 11.5 Å². The highest BCUT2D eigenvalue weighted by atomic mass is 16.5. The van der Waals surface area contributed by atoms with Gasteiger partial charge in [-0.15, -0.1) is 0 Å². The number of aromatic nitrogens is 4. The zero-order valence-electron chi connectivity index (χ0n) is 17.7. The van der Waals surface area contributed by atoms with Crippen molar-refractivity contribution in [1.29, 1.82) is 0 Å². The molecule has 3 aromatic rings. The number of hydrogen-bond acceptors (Lipinski definition) is 6. The number of nitrogens with zero attached hydrogens (tertiary/aromatic N) is 4. The minimum atomic E-state index is -1.01. The molecule has 1 amide bonds. The summed E-state index contributed by atoms with van der Waals surface area (Å²) in [5.41, 5.74) is 1.59. The van der Waals surface area contributed by atoms with Crippen LogP contribution in [0.15, 0.2) is 35.3 Å². The Morgan fingerprint density at radius 1 is 1.20 bits per heavy atom. The lowest BCUT2D eigenvalue weighted by atomic mass is 10.2. The van der Waals surface area contributed by atoms with Crippen molar-refractivity contribution < 1.29 is 14.3 Å². The van der Waals surface area contributed by atoms with Crippen LogP contribution in [0.25, 0.3) is 11.0 Å². The Kier molecular flexibility index (Phi) is 6.00. The van der Waals surface area contributed by atoms with Crippen LogP contribution in [0.5, 0.6) is 0 Å². The number of nitrogens with one attached hydrogen (secondary N) is 1. The maximum atomic E-state index is 12.6. The molecule has 2 aromatic heterocycles. The van der Waals surface area contributed by atoms with Crippen molar-refractivity contribution in [1.82, 2.24) is 19.3 Å². The van der Waals surface area contributed by atoms with E-state index in [9.17, 15) is 14.4 Å². The molecule has 0 radical (unpaired) electrons. The number of benzene rings is 1. The minimum Gasteiger partial charge on any atom is -0.449 e. The SMILES string of the molecule is CCn1c(=O)c(C)nc2cc(C(=O)O[C@H](C)C(=O)Nc3ccnn3C(C)C)ccc21. The molecular weight excluding hydrogens is 386 g/mol. The predicted molar refractivity (Wildman–Crippen MR) is 113 cm³/mol. The molecule has 2 heterocycles. The molecule has 0 unspecified atom stereocenters. The number of rotatable bonds is 6. The summed E-state index contributed by atoms with van der Waals surface area (Å²) in [6.07, 6.45) is 0.578. The number of fused-ring (bicyclic) bond motifs is 1. The second-order valence-electron chi connectivity index (χ2n) is 7.24. The summed E-state index contributed by atoms with van der Waals surface area (Å²) >= 11 is 0. The molecule has 0 aliphatic heterocycles. The van der Waals surface area contributed by atoms with E-state index in [0.29, 0.717) is 29.1 Å². The molecule has 0 saturated carbocycles. The average Bonchev–Trinajstić information content (AvgIpc) is 3.17. The van der Waals surface area contributed by atoms with Crippen molar-refractivity contribution in [2.75, 3.05) is 5.32 Å². The third-order valence-corrected chi connectivity index (χ3v) is 4.72. The number of aryl methyl sites for hydroxylation is 2. The monoisotopic (exact) mass is 411 g/mol. The number of esters is 1. The highest BCUT2D eigenvalue weighted by Crippen LogP contribution is 2.16. The van der Waals surface area contributed by atoms with Crippen LogP contribution >= 0.6 is 0 Å². The van der Waals surface area contributed by atoms with Crippen LogP contribution in [-0.4, -0.2) is 37.3 Å². The van der Waals surface area contributed by atoms with Crippen molar-refractivity contribution in [2.24, 2.45) is 0 Å². The summed E-state index contributed by atoms with van der Waals surface area (Å²) < 4.78 is 8.59. The standard InChI is InChI=1S/C21H25N5O4/c1-6-25-17-8-7-15(11-16(17)23-13(4)20(25)28)21(29)30-14(5)19(27)24-18-9-10-22-26(18)12(2)3/h7-12,14H,6H2,1-5H3,(H,24,27)/t14-/m1/s1. The summed E-state index contributed by atoms with van der Waals surface area (Å²) in [6.45, 7) is 9.38. The number of hydrogen-bond donors (Lipinski definition) is 1. The molecule has 1 atom stereocenters. The quantitative estimate of drug-likeness (QED) is 0.625. The molecule has 0 fully saturated rings. The van der Waals surface area contributed by atoms with E-state index < -0.39 is 18.0 Å². The summed E-state index contributed by atoms with van der Waals surface area (Å²) in [5, 5.41) is 6.88. The molecule has 30 heavy (non-hydrogen) atoms.